The summed E-state index contributed by atoms with van der Waals surface area (Å²) in [5.41, 5.74) is 0.291. The Kier molecular flexibility index (Phi) is 7.17. The molecule has 0 unspecified atom stereocenters. The van der Waals surface area contributed by atoms with Gasteiger partial charge in [0.25, 0.3) is 0 Å². The molecule has 22 heavy (non-hydrogen) atoms. The third-order valence-electron chi connectivity index (χ3n) is 2.44. The minimum Gasteiger partial charge on any atom is -0.467 e. The molecule has 1 amide bonds. The van der Waals surface area contributed by atoms with Crippen LogP contribution in [0, 0.1) is 0 Å². The second-order valence-corrected chi connectivity index (χ2v) is 6.59. The number of aromatic nitrogens is 1. The number of alkyl carbamates (subject to hydrolysis) is 1. The van der Waals surface area contributed by atoms with E-state index in [0.717, 1.165) is 5.69 Å². The van der Waals surface area contributed by atoms with Crippen LogP contribution in [-0.2, 0) is 20.0 Å². The summed E-state index contributed by atoms with van der Waals surface area (Å²) < 4.78 is 9.86. The molecule has 0 spiro atoms. The summed E-state index contributed by atoms with van der Waals surface area (Å²) >= 11 is 1.48. The van der Waals surface area contributed by atoms with Crippen molar-refractivity contribution in [3.05, 3.63) is 30.1 Å². The molecular formula is C15H22N2O4S. The maximum Gasteiger partial charge on any atom is 0.408 e. The lowest BCUT2D eigenvalue weighted by molar-refractivity contribution is -0.142. The van der Waals surface area contributed by atoms with Crippen molar-refractivity contribution in [1.29, 1.82) is 0 Å². The quantitative estimate of drug-likeness (QED) is 0.809. The summed E-state index contributed by atoms with van der Waals surface area (Å²) in [7, 11) is 1.29. The average molecular weight is 326 g/mol. The fourth-order valence-electron chi connectivity index (χ4n) is 1.53. The molecule has 1 heterocycles. The minimum atomic E-state index is -0.756. The van der Waals surface area contributed by atoms with Crippen LogP contribution in [0.25, 0.3) is 0 Å². The van der Waals surface area contributed by atoms with Gasteiger partial charge in [0.1, 0.15) is 11.6 Å². The van der Waals surface area contributed by atoms with Gasteiger partial charge in [0.2, 0.25) is 0 Å². The van der Waals surface area contributed by atoms with Gasteiger partial charge < -0.3 is 14.8 Å². The normalized spacial score (nSPS) is 12.4. The third kappa shape index (κ3) is 7.31. The number of nitrogens with one attached hydrogen (secondary N) is 1. The second kappa shape index (κ2) is 8.63. The largest absolute Gasteiger partial charge is 0.467 e. The van der Waals surface area contributed by atoms with E-state index in [2.05, 4.69) is 10.3 Å². The fourth-order valence-corrected chi connectivity index (χ4v) is 2.48. The van der Waals surface area contributed by atoms with Crippen molar-refractivity contribution >= 4 is 23.8 Å². The molecule has 7 heteroatoms. The highest BCUT2D eigenvalue weighted by atomic mass is 32.2. The molecule has 1 aromatic rings. The third-order valence-corrected chi connectivity index (χ3v) is 3.51. The predicted molar refractivity (Wildman–Crippen MR) is 85.6 cm³/mol. The summed E-state index contributed by atoms with van der Waals surface area (Å²) in [6, 6.07) is 4.89. The first-order valence-corrected chi connectivity index (χ1v) is 8.02. The van der Waals surface area contributed by atoms with Crippen molar-refractivity contribution in [3.63, 3.8) is 0 Å². The number of methoxy groups -OCH3 is 1. The van der Waals surface area contributed by atoms with Crippen LogP contribution in [0.5, 0.6) is 0 Å². The van der Waals surface area contributed by atoms with Gasteiger partial charge in [-0.25, -0.2) is 9.59 Å². The van der Waals surface area contributed by atoms with Crippen molar-refractivity contribution in [2.45, 2.75) is 38.2 Å². The van der Waals surface area contributed by atoms with Crippen LogP contribution in [-0.4, -0.2) is 41.6 Å². The number of carbonyl (C=O) groups is 2. The Morgan fingerprint density at radius 2 is 2.09 bits per heavy atom. The molecule has 0 aliphatic carbocycles. The van der Waals surface area contributed by atoms with Crippen LogP contribution < -0.4 is 5.32 Å². The molecule has 122 valence electrons. The number of ether oxygens (including phenoxy) is 2. The molecule has 0 aromatic carbocycles. The molecule has 1 aromatic heterocycles. The van der Waals surface area contributed by atoms with Gasteiger partial charge in [0.15, 0.2) is 0 Å². The highest BCUT2D eigenvalue weighted by Gasteiger charge is 2.24. The first kappa shape index (κ1) is 18.3. The van der Waals surface area contributed by atoms with Gasteiger partial charge in [-0.3, -0.25) is 4.98 Å². The zero-order chi connectivity index (χ0) is 16.6. The Morgan fingerprint density at radius 1 is 1.36 bits per heavy atom. The zero-order valence-corrected chi connectivity index (χ0v) is 14.1. The van der Waals surface area contributed by atoms with E-state index in [0.29, 0.717) is 11.5 Å². The first-order valence-electron chi connectivity index (χ1n) is 6.87. The molecule has 1 rings (SSSR count). The average Bonchev–Trinajstić information content (AvgIpc) is 2.44. The van der Waals surface area contributed by atoms with E-state index in [-0.39, 0.29) is 0 Å². The van der Waals surface area contributed by atoms with Crippen LogP contribution in [0.2, 0.25) is 0 Å². The van der Waals surface area contributed by atoms with E-state index in [1.807, 2.05) is 18.2 Å². The van der Waals surface area contributed by atoms with Crippen LogP contribution in [0.1, 0.15) is 26.5 Å². The van der Waals surface area contributed by atoms with E-state index >= 15 is 0 Å². The highest BCUT2D eigenvalue weighted by Crippen LogP contribution is 2.12. The molecule has 0 aliphatic rings. The van der Waals surface area contributed by atoms with Gasteiger partial charge in [-0.15, -0.1) is 0 Å². The summed E-state index contributed by atoms with van der Waals surface area (Å²) in [4.78, 5) is 27.7. The summed E-state index contributed by atoms with van der Waals surface area (Å²) in [5, 5.41) is 2.53. The Hall–Kier alpha value is -1.76. The number of thioether (sulfide) groups is 1. The van der Waals surface area contributed by atoms with Gasteiger partial charge in [-0.1, -0.05) is 6.07 Å². The molecule has 1 atom stereocenters. The van der Waals surface area contributed by atoms with E-state index in [4.69, 9.17) is 9.47 Å². The Bertz CT molecular complexity index is 488. The number of nitrogens with zero attached hydrogens (tertiary/aromatic N) is 1. The number of carbonyl (C=O) groups excluding carboxylic acids is 2. The molecule has 6 nitrogen and oxygen atoms in total. The fraction of sp³-hybridized carbons (Fsp3) is 0.533. The number of amides is 1. The zero-order valence-electron chi connectivity index (χ0n) is 13.3. The molecule has 0 saturated heterocycles. The van der Waals surface area contributed by atoms with E-state index in [1.54, 1.807) is 27.0 Å². The number of rotatable bonds is 6. The standard InChI is InChI=1S/C15H22N2O4S/c1-15(2,3)21-14(19)17-12(13(18)20-4)10-22-9-11-7-5-6-8-16-11/h5-8,12H,9-10H2,1-4H3,(H,17,19)/t12-/m0/s1. The van der Waals surface area contributed by atoms with Crippen molar-refractivity contribution in [2.24, 2.45) is 0 Å². The molecule has 0 aliphatic heterocycles. The van der Waals surface area contributed by atoms with Crippen molar-refractivity contribution in [1.82, 2.24) is 10.3 Å². The number of hydrogen-bond donors (Lipinski definition) is 1. The lowest BCUT2D eigenvalue weighted by atomic mass is 10.2. The van der Waals surface area contributed by atoms with Crippen molar-refractivity contribution < 1.29 is 19.1 Å². The monoisotopic (exact) mass is 326 g/mol. The van der Waals surface area contributed by atoms with Gasteiger partial charge in [-0.05, 0) is 32.9 Å². The topological polar surface area (TPSA) is 77.5 Å². The summed E-state index contributed by atoms with van der Waals surface area (Å²) in [5.74, 6) is 0.520. The maximum atomic E-state index is 11.8. The number of hydrogen-bond acceptors (Lipinski definition) is 6. The smallest absolute Gasteiger partial charge is 0.408 e. The first-order chi connectivity index (χ1) is 10.3. The SMILES string of the molecule is COC(=O)[C@H](CSCc1ccccn1)NC(=O)OC(C)(C)C. The minimum absolute atomic E-state index is 0.377. The predicted octanol–water partition coefficient (Wildman–Crippen LogP) is 2.38. The molecule has 1 N–H and O–H groups in total. The summed E-state index contributed by atoms with van der Waals surface area (Å²) in [6.07, 6.45) is 1.08. The molecule has 0 bridgehead atoms. The lowest BCUT2D eigenvalue weighted by Gasteiger charge is -2.22. The van der Waals surface area contributed by atoms with Crippen LogP contribution in [0.15, 0.2) is 24.4 Å². The van der Waals surface area contributed by atoms with Crippen LogP contribution in [0.3, 0.4) is 0 Å². The molecule has 0 saturated carbocycles. The van der Waals surface area contributed by atoms with E-state index in [9.17, 15) is 9.59 Å². The van der Waals surface area contributed by atoms with Crippen molar-refractivity contribution in [2.75, 3.05) is 12.9 Å². The lowest BCUT2D eigenvalue weighted by Crippen LogP contribution is -2.45. The Morgan fingerprint density at radius 3 is 2.64 bits per heavy atom. The number of pyridine rings is 1. The van der Waals surface area contributed by atoms with Gasteiger partial charge >= 0.3 is 12.1 Å². The van der Waals surface area contributed by atoms with Gasteiger partial charge in [-0.2, -0.15) is 11.8 Å². The highest BCUT2D eigenvalue weighted by molar-refractivity contribution is 7.98. The molecular weight excluding hydrogens is 304 g/mol. The van der Waals surface area contributed by atoms with Crippen molar-refractivity contribution in [3.8, 4) is 0 Å². The Labute approximate surface area is 135 Å². The van der Waals surface area contributed by atoms with Gasteiger partial charge in [0, 0.05) is 17.7 Å². The summed E-state index contributed by atoms with van der Waals surface area (Å²) in [6.45, 7) is 5.28. The van der Waals surface area contributed by atoms with Gasteiger partial charge in [0.05, 0.1) is 12.8 Å². The maximum absolute atomic E-state index is 11.8. The van der Waals surface area contributed by atoms with Crippen LogP contribution in [0.4, 0.5) is 4.79 Å². The second-order valence-electron chi connectivity index (χ2n) is 5.56. The molecule has 0 fully saturated rings. The molecule has 0 radical (unpaired) electrons. The van der Waals surface area contributed by atoms with Crippen LogP contribution >= 0.6 is 11.8 Å². The number of esters is 1. The Balaban J connectivity index is 2.50. The van der Waals surface area contributed by atoms with E-state index < -0.39 is 23.7 Å². The van der Waals surface area contributed by atoms with E-state index in [1.165, 1.54) is 18.9 Å².